The molecule has 1 aromatic carbocycles. The number of benzene rings is 1. The number of nitrogens with zero attached hydrogens (tertiary/aromatic N) is 4. The summed E-state index contributed by atoms with van der Waals surface area (Å²) < 4.78 is 24.7. The fourth-order valence-electron chi connectivity index (χ4n) is 2.09. The van der Waals surface area contributed by atoms with E-state index in [9.17, 15) is 8.42 Å². The summed E-state index contributed by atoms with van der Waals surface area (Å²) in [4.78, 5) is 4.43. The predicted octanol–water partition coefficient (Wildman–Crippen LogP) is 2.16. The molecule has 0 spiro atoms. The number of halogens is 1. The van der Waals surface area contributed by atoms with Crippen LogP contribution in [-0.2, 0) is 9.84 Å². The molecule has 3 aromatic rings. The number of hydrogen-bond donors (Lipinski definition) is 0. The van der Waals surface area contributed by atoms with Gasteiger partial charge in [-0.15, -0.1) is 10.2 Å². The second kappa shape index (κ2) is 4.78. The summed E-state index contributed by atoms with van der Waals surface area (Å²) in [5.41, 5.74) is 1.34. The standard InChI is InChI=1S/C13H11ClN4O2S/c1-8-15-11(14)7-12-16-17-13(18(8)12)9-3-5-10(6-4-9)21(2,19)20/h3-7H,1-2H3. The van der Waals surface area contributed by atoms with Gasteiger partial charge in [-0.3, -0.25) is 4.40 Å². The summed E-state index contributed by atoms with van der Waals surface area (Å²) in [6.45, 7) is 1.80. The zero-order valence-electron chi connectivity index (χ0n) is 11.3. The number of fused-ring (bicyclic) bond motifs is 1. The van der Waals surface area contributed by atoms with Crippen molar-refractivity contribution in [2.24, 2.45) is 0 Å². The maximum absolute atomic E-state index is 11.5. The molecule has 0 N–H and O–H groups in total. The molecule has 6 nitrogen and oxygen atoms in total. The number of aryl methyl sites for hydroxylation is 1. The van der Waals surface area contributed by atoms with Crippen LogP contribution in [0.25, 0.3) is 17.0 Å². The second-order valence-electron chi connectivity index (χ2n) is 4.64. The van der Waals surface area contributed by atoms with Gasteiger partial charge >= 0.3 is 0 Å². The monoisotopic (exact) mass is 322 g/mol. The molecule has 0 aliphatic carbocycles. The van der Waals surface area contributed by atoms with Gasteiger partial charge in [0, 0.05) is 17.9 Å². The van der Waals surface area contributed by atoms with E-state index in [4.69, 9.17) is 11.6 Å². The van der Waals surface area contributed by atoms with Gasteiger partial charge in [-0.25, -0.2) is 13.4 Å². The molecule has 0 saturated carbocycles. The average Bonchev–Trinajstić information content (AvgIpc) is 2.81. The molecule has 0 saturated heterocycles. The van der Waals surface area contributed by atoms with E-state index < -0.39 is 9.84 Å². The Morgan fingerprint density at radius 3 is 2.43 bits per heavy atom. The van der Waals surface area contributed by atoms with Crippen molar-refractivity contribution < 1.29 is 8.42 Å². The molecular weight excluding hydrogens is 312 g/mol. The van der Waals surface area contributed by atoms with Gasteiger partial charge in [0.1, 0.15) is 11.0 Å². The summed E-state index contributed by atoms with van der Waals surface area (Å²) in [5, 5.41) is 8.54. The molecule has 0 unspecified atom stereocenters. The summed E-state index contributed by atoms with van der Waals surface area (Å²) in [6, 6.07) is 8.10. The Bertz CT molecular complexity index is 933. The molecule has 0 aliphatic rings. The first kappa shape index (κ1) is 14.0. The minimum atomic E-state index is -3.22. The first-order valence-electron chi connectivity index (χ1n) is 6.05. The highest BCUT2D eigenvalue weighted by molar-refractivity contribution is 7.90. The van der Waals surface area contributed by atoms with E-state index >= 15 is 0 Å². The van der Waals surface area contributed by atoms with Crippen LogP contribution in [0.4, 0.5) is 0 Å². The van der Waals surface area contributed by atoms with E-state index in [2.05, 4.69) is 15.2 Å². The number of aromatic nitrogens is 4. The minimum absolute atomic E-state index is 0.262. The number of sulfone groups is 1. The maximum Gasteiger partial charge on any atom is 0.175 e. The normalized spacial score (nSPS) is 12.0. The van der Waals surface area contributed by atoms with E-state index in [0.29, 0.717) is 22.4 Å². The average molecular weight is 323 g/mol. The zero-order valence-corrected chi connectivity index (χ0v) is 12.9. The molecule has 3 rings (SSSR count). The lowest BCUT2D eigenvalue weighted by Gasteiger charge is -2.04. The molecule has 21 heavy (non-hydrogen) atoms. The van der Waals surface area contributed by atoms with Crippen LogP contribution >= 0.6 is 11.6 Å². The van der Waals surface area contributed by atoms with E-state index in [0.717, 1.165) is 5.56 Å². The lowest BCUT2D eigenvalue weighted by molar-refractivity contribution is 0.602. The Morgan fingerprint density at radius 2 is 1.81 bits per heavy atom. The van der Waals surface area contributed by atoms with Crippen molar-refractivity contribution in [3.05, 3.63) is 41.3 Å². The third-order valence-electron chi connectivity index (χ3n) is 3.07. The Kier molecular flexibility index (Phi) is 3.18. The number of hydrogen-bond acceptors (Lipinski definition) is 5. The molecule has 0 aliphatic heterocycles. The molecule has 0 radical (unpaired) electrons. The first-order chi connectivity index (χ1) is 9.86. The van der Waals surface area contributed by atoms with Crippen molar-refractivity contribution in [3.63, 3.8) is 0 Å². The van der Waals surface area contributed by atoms with Gasteiger partial charge in [-0.2, -0.15) is 0 Å². The third-order valence-corrected chi connectivity index (χ3v) is 4.39. The quantitative estimate of drug-likeness (QED) is 0.676. The third kappa shape index (κ3) is 2.50. The van der Waals surface area contributed by atoms with Crippen molar-refractivity contribution in [1.29, 1.82) is 0 Å². The summed E-state index contributed by atoms with van der Waals surface area (Å²) in [5.74, 6) is 1.25. The van der Waals surface area contributed by atoms with Crippen molar-refractivity contribution in [3.8, 4) is 11.4 Å². The molecule has 8 heteroatoms. The van der Waals surface area contributed by atoms with Gasteiger partial charge in [-0.1, -0.05) is 11.6 Å². The highest BCUT2D eigenvalue weighted by atomic mass is 35.5. The van der Waals surface area contributed by atoms with E-state index in [-0.39, 0.29) is 4.90 Å². The largest absolute Gasteiger partial charge is 0.263 e. The minimum Gasteiger partial charge on any atom is -0.263 e. The highest BCUT2D eigenvalue weighted by Gasteiger charge is 2.13. The Labute approximate surface area is 126 Å². The predicted molar refractivity (Wildman–Crippen MR) is 79.1 cm³/mol. The van der Waals surface area contributed by atoms with Gasteiger partial charge in [-0.05, 0) is 31.2 Å². The van der Waals surface area contributed by atoms with Crippen molar-refractivity contribution in [1.82, 2.24) is 19.6 Å². The molecule has 0 bridgehead atoms. The molecule has 108 valence electrons. The van der Waals surface area contributed by atoms with Crippen LogP contribution < -0.4 is 0 Å². The Morgan fingerprint density at radius 1 is 1.14 bits per heavy atom. The summed E-state index contributed by atoms with van der Waals surface area (Å²) in [7, 11) is -3.22. The smallest absolute Gasteiger partial charge is 0.175 e. The van der Waals surface area contributed by atoms with Crippen LogP contribution in [0.2, 0.25) is 5.15 Å². The highest BCUT2D eigenvalue weighted by Crippen LogP contribution is 2.22. The first-order valence-corrected chi connectivity index (χ1v) is 8.32. The maximum atomic E-state index is 11.5. The van der Waals surface area contributed by atoms with E-state index in [1.807, 2.05) is 0 Å². The molecule has 0 fully saturated rings. The van der Waals surface area contributed by atoms with Gasteiger partial charge in [0.2, 0.25) is 0 Å². The van der Waals surface area contributed by atoms with Crippen LogP contribution in [0, 0.1) is 6.92 Å². The zero-order chi connectivity index (χ0) is 15.2. The van der Waals surface area contributed by atoms with Crippen LogP contribution in [0.5, 0.6) is 0 Å². The lowest BCUT2D eigenvalue weighted by atomic mass is 10.2. The second-order valence-corrected chi connectivity index (χ2v) is 7.04. The Balaban J connectivity index is 2.17. The molecule has 0 amide bonds. The lowest BCUT2D eigenvalue weighted by Crippen LogP contribution is -1.99. The topological polar surface area (TPSA) is 77.2 Å². The SMILES string of the molecule is Cc1nc(Cl)cc2nnc(-c3ccc(S(C)(=O)=O)cc3)n12. The van der Waals surface area contributed by atoms with Crippen LogP contribution in [0.15, 0.2) is 35.2 Å². The van der Waals surface area contributed by atoms with Crippen LogP contribution in [0.1, 0.15) is 5.82 Å². The van der Waals surface area contributed by atoms with Crippen LogP contribution in [-0.4, -0.2) is 34.3 Å². The van der Waals surface area contributed by atoms with Crippen molar-refractivity contribution in [2.75, 3.05) is 6.26 Å². The molecule has 0 atom stereocenters. The van der Waals surface area contributed by atoms with Gasteiger partial charge < -0.3 is 0 Å². The van der Waals surface area contributed by atoms with Crippen molar-refractivity contribution >= 4 is 27.1 Å². The summed E-state index contributed by atoms with van der Waals surface area (Å²) in [6.07, 6.45) is 1.17. The fraction of sp³-hybridized carbons (Fsp3) is 0.154. The van der Waals surface area contributed by atoms with Gasteiger partial charge in [0.05, 0.1) is 4.90 Å². The van der Waals surface area contributed by atoms with Crippen LogP contribution in [0.3, 0.4) is 0 Å². The fourth-order valence-corrected chi connectivity index (χ4v) is 2.94. The molecule has 2 heterocycles. The number of rotatable bonds is 2. The van der Waals surface area contributed by atoms with E-state index in [1.54, 1.807) is 41.7 Å². The molecular formula is C13H11ClN4O2S. The van der Waals surface area contributed by atoms with Gasteiger partial charge in [0.15, 0.2) is 21.3 Å². The van der Waals surface area contributed by atoms with E-state index in [1.165, 1.54) is 6.26 Å². The molecule has 2 aromatic heterocycles. The van der Waals surface area contributed by atoms with Crippen molar-refractivity contribution in [2.45, 2.75) is 11.8 Å². The Hall–Kier alpha value is -1.99. The summed E-state index contributed by atoms with van der Waals surface area (Å²) >= 11 is 5.89. The van der Waals surface area contributed by atoms with Gasteiger partial charge in [0.25, 0.3) is 0 Å².